The molecule has 1 atom stereocenters. The van der Waals surface area contributed by atoms with Gasteiger partial charge in [-0.2, -0.15) is 0 Å². The van der Waals surface area contributed by atoms with E-state index in [0.29, 0.717) is 18.4 Å². The van der Waals surface area contributed by atoms with Gasteiger partial charge in [0.25, 0.3) is 0 Å². The zero-order valence-corrected chi connectivity index (χ0v) is 15.7. The first-order chi connectivity index (χ1) is 11.5. The van der Waals surface area contributed by atoms with Crippen molar-refractivity contribution in [1.82, 2.24) is 15.1 Å². The van der Waals surface area contributed by atoms with Crippen molar-refractivity contribution in [3.8, 4) is 0 Å². The topological polar surface area (TPSA) is 52.7 Å². The van der Waals surface area contributed by atoms with Gasteiger partial charge in [-0.15, -0.1) is 0 Å². The van der Waals surface area contributed by atoms with Crippen LogP contribution < -0.4 is 5.32 Å². The maximum Gasteiger partial charge on any atom is 0.234 e. The Morgan fingerprint density at radius 3 is 2.08 bits per heavy atom. The second kappa shape index (κ2) is 9.40. The molecule has 138 valence electrons. The number of nitrogens with one attached hydrogen (secondary N) is 1. The fraction of sp³-hybridized carbons (Fsp3) is 0.895. The molecule has 2 amide bonds. The molecular weight excluding hydrogens is 302 g/mol. The second-order valence-corrected chi connectivity index (χ2v) is 7.89. The quantitative estimate of drug-likeness (QED) is 0.837. The van der Waals surface area contributed by atoms with E-state index in [4.69, 9.17) is 0 Å². The van der Waals surface area contributed by atoms with Crippen molar-refractivity contribution in [3.05, 3.63) is 0 Å². The summed E-state index contributed by atoms with van der Waals surface area (Å²) in [5, 5.41) is 3.06. The van der Waals surface area contributed by atoms with Gasteiger partial charge >= 0.3 is 0 Å². The van der Waals surface area contributed by atoms with E-state index in [1.165, 1.54) is 12.8 Å². The monoisotopic (exact) mass is 337 g/mol. The van der Waals surface area contributed by atoms with E-state index in [-0.39, 0.29) is 17.9 Å². The lowest BCUT2D eigenvalue weighted by molar-refractivity contribution is -0.137. The van der Waals surface area contributed by atoms with Crippen LogP contribution >= 0.6 is 0 Å². The van der Waals surface area contributed by atoms with Crippen molar-refractivity contribution >= 4 is 11.8 Å². The van der Waals surface area contributed by atoms with Crippen molar-refractivity contribution < 1.29 is 9.59 Å². The Morgan fingerprint density at radius 2 is 1.54 bits per heavy atom. The number of nitrogens with zero attached hydrogens (tertiary/aromatic N) is 2. The van der Waals surface area contributed by atoms with Crippen LogP contribution in [0.3, 0.4) is 0 Å². The fourth-order valence-electron chi connectivity index (χ4n) is 3.56. The van der Waals surface area contributed by atoms with E-state index in [0.717, 1.165) is 51.9 Å². The SMILES string of the molecule is CC(C)C(C)NC(=O)CN1CCC(C(=O)N2CCCCCC2)CC1. The van der Waals surface area contributed by atoms with Crippen LogP contribution in [0.25, 0.3) is 0 Å². The smallest absolute Gasteiger partial charge is 0.234 e. The van der Waals surface area contributed by atoms with Crippen LogP contribution in [0.5, 0.6) is 0 Å². The third kappa shape index (κ3) is 5.76. The Labute approximate surface area is 147 Å². The summed E-state index contributed by atoms with van der Waals surface area (Å²) in [6, 6.07) is 0.208. The zero-order chi connectivity index (χ0) is 17.5. The Balaban J connectivity index is 1.72. The van der Waals surface area contributed by atoms with Crippen molar-refractivity contribution in [2.24, 2.45) is 11.8 Å². The summed E-state index contributed by atoms with van der Waals surface area (Å²) in [6.45, 7) is 10.3. The predicted molar refractivity (Wildman–Crippen MR) is 96.7 cm³/mol. The molecule has 0 aromatic rings. The van der Waals surface area contributed by atoms with Crippen LogP contribution in [0.15, 0.2) is 0 Å². The molecule has 2 saturated heterocycles. The lowest BCUT2D eigenvalue weighted by Crippen LogP contribution is -2.47. The first-order valence-corrected chi connectivity index (χ1v) is 9.78. The second-order valence-electron chi connectivity index (χ2n) is 7.89. The van der Waals surface area contributed by atoms with Crippen LogP contribution in [0, 0.1) is 11.8 Å². The standard InChI is InChI=1S/C19H35N3O2/c1-15(2)16(3)20-18(23)14-21-12-8-17(9-13-21)19(24)22-10-6-4-5-7-11-22/h15-17H,4-14H2,1-3H3,(H,20,23). The van der Waals surface area contributed by atoms with Crippen molar-refractivity contribution in [3.63, 3.8) is 0 Å². The average Bonchev–Trinajstić information content (AvgIpc) is 2.84. The number of piperidine rings is 1. The Bertz CT molecular complexity index is 409. The molecule has 5 nitrogen and oxygen atoms in total. The molecule has 5 heteroatoms. The molecule has 2 aliphatic rings. The van der Waals surface area contributed by atoms with Crippen LogP contribution in [-0.2, 0) is 9.59 Å². The number of likely N-dealkylation sites (tertiary alicyclic amines) is 2. The molecule has 24 heavy (non-hydrogen) atoms. The molecule has 2 aliphatic heterocycles. The third-order valence-electron chi connectivity index (χ3n) is 5.61. The normalized spacial score (nSPS) is 22.2. The van der Waals surface area contributed by atoms with E-state index >= 15 is 0 Å². The molecule has 0 aliphatic carbocycles. The molecular formula is C19H35N3O2. The van der Waals surface area contributed by atoms with E-state index in [1.807, 2.05) is 0 Å². The predicted octanol–water partition coefficient (Wildman–Crippen LogP) is 2.26. The van der Waals surface area contributed by atoms with E-state index in [9.17, 15) is 9.59 Å². The van der Waals surface area contributed by atoms with Gasteiger partial charge in [0, 0.05) is 25.0 Å². The van der Waals surface area contributed by atoms with Crippen molar-refractivity contribution in [2.75, 3.05) is 32.7 Å². The summed E-state index contributed by atoms with van der Waals surface area (Å²) in [6.07, 6.45) is 6.60. The number of rotatable bonds is 5. The molecule has 0 saturated carbocycles. The van der Waals surface area contributed by atoms with Gasteiger partial charge in [-0.25, -0.2) is 0 Å². The average molecular weight is 338 g/mol. The highest BCUT2D eigenvalue weighted by Gasteiger charge is 2.29. The molecule has 0 bridgehead atoms. The van der Waals surface area contributed by atoms with Gasteiger partial charge in [0.2, 0.25) is 11.8 Å². The number of amides is 2. The highest BCUT2D eigenvalue weighted by molar-refractivity contribution is 5.79. The minimum atomic E-state index is 0.105. The molecule has 2 heterocycles. The highest BCUT2D eigenvalue weighted by Crippen LogP contribution is 2.21. The first kappa shape index (κ1) is 19.2. The summed E-state index contributed by atoms with van der Waals surface area (Å²) >= 11 is 0. The highest BCUT2D eigenvalue weighted by atomic mass is 16.2. The first-order valence-electron chi connectivity index (χ1n) is 9.78. The molecule has 2 fully saturated rings. The van der Waals surface area contributed by atoms with Crippen LogP contribution in [0.2, 0.25) is 0 Å². The number of carbonyl (C=O) groups excluding carboxylic acids is 2. The Hall–Kier alpha value is -1.10. The lowest BCUT2D eigenvalue weighted by Gasteiger charge is -2.34. The summed E-state index contributed by atoms with van der Waals surface area (Å²) < 4.78 is 0. The zero-order valence-electron chi connectivity index (χ0n) is 15.7. The third-order valence-corrected chi connectivity index (χ3v) is 5.61. The molecule has 1 N–H and O–H groups in total. The molecule has 0 aromatic carbocycles. The van der Waals surface area contributed by atoms with Crippen LogP contribution in [-0.4, -0.2) is 60.4 Å². The maximum absolute atomic E-state index is 12.7. The molecule has 1 unspecified atom stereocenters. The number of hydrogen-bond acceptors (Lipinski definition) is 3. The van der Waals surface area contributed by atoms with Crippen LogP contribution in [0.4, 0.5) is 0 Å². The van der Waals surface area contributed by atoms with E-state index in [2.05, 4.69) is 35.9 Å². The van der Waals surface area contributed by atoms with Gasteiger partial charge in [-0.1, -0.05) is 26.7 Å². The molecule has 2 rings (SSSR count). The Morgan fingerprint density at radius 1 is 0.958 bits per heavy atom. The lowest BCUT2D eigenvalue weighted by atomic mass is 9.95. The van der Waals surface area contributed by atoms with Gasteiger partial charge < -0.3 is 10.2 Å². The summed E-state index contributed by atoms with van der Waals surface area (Å²) in [7, 11) is 0. The van der Waals surface area contributed by atoms with E-state index < -0.39 is 0 Å². The van der Waals surface area contributed by atoms with Gasteiger partial charge in [0.1, 0.15) is 0 Å². The van der Waals surface area contributed by atoms with E-state index in [1.54, 1.807) is 0 Å². The minimum absolute atomic E-state index is 0.105. The molecule has 0 radical (unpaired) electrons. The van der Waals surface area contributed by atoms with Crippen molar-refractivity contribution in [2.45, 2.75) is 65.3 Å². The fourth-order valence-corrected chi connectivity index (χ4v) is 3.56. The summed E-state index contributed by atoms with van der Waals surface area (Å²) in [4.78, 5) is 29.1. The minimum Gasteiger partial charge on any atom is -0.352 e. The summed E-state index contributed by atoms with van der Waals surface area (Å²) in [5.74, 6) is 1.07. The molecule has 0 aromatic heterocycles. The number of carbonyl (C=O) groups is 2. The van der Waals surface area contributed by atoms with Crippen molar-refractivity contribution in [1.29, 1.82) is 0 Å². The van der Waals surface area contributed by atoms with Gasteiger partial charge in [-0.05, 0) is 51.6 Å². The van der Waals surface area contributed by atoms with Gasteiger partial charge in [0.05, 0.1) is 6.54 Å². The number of hydrogen-bond donors (Lipinski definition) is 1. The molecule has 0 spiro atoms. The maximum atomic E-state index is 12.7. The van der Waals surface area contributed by atoms with Crippen LogP contribution in [0.1, 0.15) is 59.3 Å². The van der Waals surface area contributed by atoms with Gasteiger partial charge in [-0.3, -0.25) is 14.5 Å². The summed E-state index contributed by atoms with van der Waals surface area (Å²) in [5.41, 5.74) is 0. The largest absolute Gasteiger partial charge is 0.352 e. The van der Waals surface area contributed by atoms with Gasteiger partial charge in [0.15, 0.2) is 0 Å². The Kier molecular flexibility index (Phi) is 7.53.